The van der Waals surface area contributed by atoms with Gasteiger partial charge in [-0.15, -0.1) is 0 Å². The first-order chi connectivity index (χ1) is 9.34. The molecule has 0 spiro atoms. The van der Waals surface area contributed by atoms with Gasteiger partial charge in [-0.25, -0.2) is 0 Å². The zero-order chi connectivity index (χ0) is 13.1. The molecule has 1 aromatic heterocycles. The van der Waals surface area contributed by atoms with Crippen molar-refractivity contribution < 1.29 is 4.52 Å². The second-order valence-electron chi connectivity index (χ2n) is 5.13. The van der Waals surface area contributed by atoms with Crippen LogP contribution in [0.4, 0.5) is 0 Å². The highest BCUT2D eigenvalue weighted by Gasteiger charge is 2.20. The molecule has 1 aromatic carbocycles. The van der Waals surface area contributed by atoms with Crippen LogP contribution >= 0.6 is 0 Å². The van der Waals surface area contributed by atoms with Gasteiger partial charge in [-0.05, 0) is 31.9 Å². The molecule has 0 amide bonds. The van der Waals surface area contributed by atoms with Gasteiger partial charge in [0.2, 0.25) is 11.7 Å². The molecule has 2 heterocycles. The van der Waals surface area contributed by atoms with Gasteiger partial charge in [-0.2, -0.15) is 4.98 Å². The number of hydrogen-bond acceptors (Lipinski definition) is 4. The minimum absolute atomic E-state index is 0.216. The standard InChI is InChI=1S/C15H19N3O/c1-11-7-4-5-8-12(11)14-17-15(19-18-14)13-9-3-2-6-10-16-13/h4-5,7-8,13,16H,2-3,6,9-10H2,1H3. The molecule has 1 saturated heterocycles. The highest BCUT2D eigenvalue weighted by molar-refractivity contribution is 5.58. The van der Waals surface area contributed by atoms with Crippen LogP contribution in [0.3, 0.4) is 0 Å². The molecule has 1 fully saturated rings. The van der Waals surface area contributed by atoms with Gasteiger partial charge < -0.3 is 9.84 Å². The number of nitrogens with zero attached hydrogens (tertiary/aromatic N) is 2. The Morgan fingerprint density at radius 3 is 3.00 bits per heavy atom. The summed E-state index contributed by atoms with van der Waals surface area (Å²) in [6, 6.07) is 8.34. The highest BCUT2D eigenvalue weighted by Crippen LogP contribution is 2.25. The summed E-state index contributed by atoms with van der Waals surface area (Å²) in [6.07, 6.45) is 4.81. The summed E-state index contributed by atoms with van der Waals surface area (Å²) in [5.74, 6) is 1.42. The van der Waals surface area contributed by atoms with Crippen LogP contribution in [0.1, 0.15) is 43.2 Å². The lowest BCUT2D eigenvalue weighted by Gasteiger charge is -2.09. The summed E-state index contributed by atoms with van der Waals surface area (Å²) >= 11 is 0. The summed E-state index contributed by atoms with van der Waals surface area (Å²) < 4.78 is 5.45. The van der Waals surface area contributed by atoms with Crippen molar-refractivity contribution >= 4 is 0 Å². The maximum atomic E-state index is 5.45. The summed E-state index contributed by atoms with van der Waals surface area (Å²) in [5.41, 5.74) is 2.22. The van der Waals surface area contributed by atoms with Crippen LogP contribution in [0.5, 0.6) is 0 Å². The molecule has 3 rings (SSSR count). The third kappa shape index (κ3) is 2.68. The Labute approximate surface area is 113 Å². The average Bonchev–Trinajstić information content (AvgIpc) is 2.75. The van der Waals surface area contributed by atoms with Crippen molar-refractivity contribution in [3.63, 3.8) is 0 Å². The predicted octanol–water partition coefficient (Wildman–Crippen LogP) is 3.25. The number of nitrogens with one attached hydrogen (secondary N) is 1. The van der Waals surface area contributed by atoms with Crippen LogP contribution in [0.25, 0.3) is 11.4 Å². The number of hydrogen-bond donors (Lipinski definition) is 1. The fourth-order valence-corrected chi connectivity index (χ4v) is 2.55. The molecule has 0 radical (unpaired) electrons. The Kier molecular flexibility index (Phi) is 3.60. The molecule has 1 aliphatic heterocycles. The van der Waals surface area contributed by atoms with Crippen molar-refractivity contribution in [2.24, 2.45) is 0 Å². The van der Waals surface area contributed by atoms with E-state index in [-0.39, 0.29) is 6.04 Å². The highest BCUT2D eigenvalue weighted by atomic mass is 16.5. The predicted molar refractivity (Wildman–Crippen MR) is 73.7 cm³/mol. The lowest BCUT2D eigenvalue weighted by atomic mass is 10.1. The van der Waals surface area contributed by atoms with Gasteiger partial charge in [0.25, 0.3) is 0 Å². The van der Waals surface area contributed by atoms with Crippen molar-refractivity contribution in [3.05, 3.63) is 35.7 Å². The summed E-state index contributed by atoms with van der Waals surface area (Å²) in [7, 11) is 0. The molecule has 100 valence electrons. The number of aromatic nitrogens is 2. The average molecular weight is 257 g/mol. The van der Waals surface area contributed by atoms with E-state index in [4.69, 9.17) is 4.52 Å². The van der Waals surface area contributed by atoms with E-state index >= 15 is 0 Å². The summed E-state index contributed by atoms with van der Waals surface area (Å²) in [5, 5.41) is 7.61. The minimum Gasteiger partial charge on any atom is -0.337 e. The van der Waals surface area contributed by atoms with Gasteiger partial charge in [0.15, 0.2) is 0 Å². The quantitative estimate of drug-likeness (QED) is 0.897. The van der Waals surface area contributed by atoms with Gasteiger partial charge in [-0.1, -0.05) is 42.3 Å². The number of rotatable bonds is 2. The topological polar surface area (TPSA) is 51.0 Å². The zero-order valence-corrected chi connectivity index (χ0v) is 11.2. The molecule has 1 atom stereocenters. The zero-order valence-electron chi connectivity index (χ0n) is 11.2. The first-order valence-corrected chi connectivity index (χ1v) is 6.97. The molecular formula is C15H19N3O. The van der Waals surface area contributed by atoms with Crippen LogP contribution in [0.2, 0.25) is 0 Å². The Bertz CT molecular complexity index is 542. The van der Waals surface area contributed by atoms with Crippen LogP contribution < -0.4 is 5.32 Å². The van der Waals surface area contributed by atoms with Gasteiger partial charge in [-0.3, -0.25) is 0 Å². The van der Waals surface area contributed by atoms with Gasteiger partial charge >= 0.3 is 0 Å². The van der Waals surface area contributed by atoms with Crippen molar-refractivity contribution in [1.82, 2.24) is 15.5 Å². The minimum atomic E-state index is 0.216. The van der Waals surface area contributed by atoms with E-state index in [2.05, 4.69) is 28.4 Å². The van der Waals surface area contributed by atoms with Crippen molar-refractivity contribution in [2.75, 3.05) is 6.54 Å². The fourth-order valence-electron chi connectivity index (χ4n) is 2.55. The molecule has 0 aliphatic carbocycles. The molecule has 0 saturated carbocycles. The second-order valence-corrected chi connectivity index (χ2v) is 5.13. The maximum absolute atomic E-state index is 5.45. The van der Waals surface area contributed by atoms with E-state index in [1.165, 1.54) is 24.8 Å². The first-order valence-electron chi connectivity index (χ1n) is 6.97. The van der Waals surface area contributed by atoms with E-state index in [9.17, 15) is 0 Å². The normalized spacial score (nSPS) is 20.2. The van der Waals surface area contributed by atoms with E-state index in [0.29, 0.717) is 5.82 Å². The maximum Gasteiger partial charge on any atom is 0.244 e. The molecule has 4 nitrogen and oxygen atoms in total. The Hall–Kier alpha value is -1.68. The van der Waals surface area contributed by atoms with E-state index in [0.717, 1.165) is 24.4 Å². The monoisotopic (exact) mass is 257 g/mol. The molecule has 1 aliphatic rings. The summed E-state index contributed by atoms with van der Waals surface area (Å²) in [4.78, 5) is 4.57. The molecule has 19 heavy (non-hydrogen) atoms. The van der Waals surface area contributed by atoms with Gasteiger partial charge in [0, 0.05) is 5.56 Å². The van der Waals surface area contributed by atoms with Crippen LogP contribution in [-0.2, 0) is 0 Å². The third-order valence-electron chi connectivity index (χ3n) is 3.69. The molecule has 2 aromatic rings. The molecule has 0 bridgehead atoms. The van der Waals surface area contributed by atoms with Crippen molar-refractivity contribution in [2.45, 2.75) is 38.6 Å². The van der Waals surface area contributed by atoms with Gasteiger partial charge in [0.05, 0.1) is 6.04 Å². The molecule has 1 N–H and O–H groups in total. The Morgan fingerprint density at radius 1 is 1.21 bits per heavy atom. The lowest BCUT2D eigenvalue weighted by Crippen LogP contribution is -2.20. The fraction of sp³-hybridized carbons (Fsp3) is 0.467. The lowest BCUT2D eigenvalue weighted by molar-refractivity contribution is 0.327. The molecule has 4 heteroatoms. The van der Waals surface area contributed by atoms with Gasteiger partial charge in [0.1, 0.15) is 0 Å². The summed E-state index contributed by atoms with van der Waals surface area (Å²) in [6.45, 7) is 3.10. The molecular weight excluding hydrogens is 238 g/mol. The molecule has 1 unspecified atom stereocenters. The number of benzene rings is 1. The smallest absolute Gasteiger partial charge is 0.244 e. The van der Waals surface area contributed by atoms with Crippen molar-refractivity contribution in [3.8, 4) is 11.4 Å². The van der Waals surface area contributed by atoms with Crippen LogP contribution in [0, 0.1) is 6.92 Å². The number of aryl methyl sites for hydroxylation is 1. The largest absolute Gasteiger partial charge is 0.337 e. The van der Waals surface area contributed by atoms with Crippen LogP contribution in [0.15, 0.2) is 28.8 Å². The SMILES string of the molecule is Cc1ccccc1-c1noc(C2CCCCCN2)n1. The van der Waals surface area contributed by atoms with E-state index < -0.39 is 0 Å². The Balaban J connectivity index is 1.85. The first kappa shape index (κ1) is 12.4. The Morgan fingerprint density at radius 2 is 2.11 bits per heavy atom. The van der Waals surface area contributed by atoms with E-state index in [1.807, 2.05) is 18.2 Å². The van der Waals surface area contributed by atoms with Crippen LogP contribution in [-0.4, -0.2) is 16.7 Å². The third-order valence-corrected chi connectivity index (χ3v) is 3.69. The van der Waals surface area contributed by atoms with E-state index in [1.54, 1.807) is 0 Å². The second kappa shape index (κ2) is 5.53. The van der Waals surface area contributed by atoms with Crippen molar-refractivity contribution in [1.29, 1.82) is 0 Å².